The number of aromatic nitrogens is 1. The number of hydrogen-bond donors (Lipinski definition) is 3. The number of amides is 1. The van der Waals surface area contributed by atoms with Gasteiger partial charge in [-0.1, -0.05) is 0 Å². The van der Waals surface area contributed by atoms with Crippen molar-refractivity contribution in [3.8, 4) is 0 Å². The molecule has 0 aliphatic heterocycles. The Morgan fingerprint density at radius 1 is 1.73 bits per heavy atom. The van der Waals surface area contributed by atoms with Gasteiger partial charge in [-0.15, -0.1) is 11.3 Å². The summed E-state index contributed by atoms with van der Waals surface area (Å²) in [6, 6.07) is -0.614. The first kappa shape index (κ1) is 11.6. The van der Waals surface area contributed by atoms with Crippen LogP contribution in [0.5, 0.6) is 0 Å². The van der Waals surface area contributed by atoms with Crippen LogP contribution in [0.3, 0.4) is 0 Å². The van der Waals surface area contributed by atoms with E-state index in [-0.39, 0.29) is 12.3 Å². The average Bonchev–Trinajstić information content (AvgIpc) is 2.51. The summed E-state index contributed by atoms with van der Waals surface area (Å²) in [4.78, 5) is 25.4. The molecule has 0 spiro atoms. The molecule has 0 saturated heterocycles. The zero-order valence-corrected chi connectivity index (χ0v) is 8.87. The van der Waals surface area contributed by atoms with E-state index in [9.17, 15) is 9.59 Å². The molecule has 7 heteroatoms. The Hall–Kier alpha value is -1.47. The molecule has 0 aliphatic rings. The van der Waals surface area contributed by atoms with Crippen molar-refractivity contribution in [2.75, 3.05) is 5.32 Å². The number of rotatable bonds is 4. The van der Waals surface area contributed by atoms with E-state index in [0.29, 0.717) is 10.8 Å². The van der Waals surface area contributed by atoms with E-state index in [4.69, 9.17) is 10.8 Å². The summed E-state index contributed by atoms with van der Waals surface area (Å²) in [5.74, 6) is -1.29. The molecule has 0 aromatic carbocycles. The highest BCUT2D eigenvalue weighted by Gasteiger charge is 2.11. The normalized spacial score (nSPS) is 12.1. The highest BCUT2D eigenvalue weighted by Crippen LogP contribution is 2.15. The number of anilines is 1. The summed E-state index contributed by atoms with van der Waals surface area (Å²) in [5.41, 5.74) is 5.77. The maximum Gasteiger partial charge on any atom is 0.309 e. The monoisotopic (exact) mass is 229 g/mol. The molecule has 1 atom stereocenters. The second-order valence-electron chi connectivity index (χ2n) is 2.99. The molecule has 6 nitrogen and oxygen atoms in total. The van der Waals surface area contributed by atoms with E-state index < -0.39 is 12.0 Å². The van der Waals surface area contributed by atoms with Crippen LogP contribution in [0.4, 0.5) is 5.13 Å². The van der Waals surface area contributed by atoms with Gasteiger partial charge in [-0.05, 0) is 6.92 Å². The maximum absolute atomic E-state index is 11.2. The van der Waals surface area contributed by atoms with Crippen molar-refractivity contribution in [2.45, 2.75) is 19.4 Å². The van der Waals surface area contributed by atoms with Gasteiger partial charge in [0, 0.05) is 5.38 Å². The largest absolute Gasteiger partial charge is 0.481 e. The number of carbonyl (C=O) groups is 2. The number of carboxylic acids is 1. The van der Waals surface area contributed by atoms with Crippen LogP contribution in [0.25, 0.3) is 0 Å². The van der Waals surface area contributed by atoms with Gasteiger partial charge in [0.15, 0.2) is 5.13 Å². The van der Waals surface area contributed by atoms with E-state index >= 15 is 0 Å². The zero-order chi connectivity index (χ0) is 11.4. The lowest BCUT2D eigenvalue weighted by atomic mass is 10.3. The van der Waals surface area contributed by atoms with Gasteiger partial charge in [0.05, 0.1) is 18.2 Å². The smallest absolute Gasteiger partial charge is 0.309 e. The summed E-state index contributed by atoms with van der Waals surface area (Å²) in [6.45, 7) is 1.56. The van der Waals surface area contributed by atoms with Crippen LogP contribution in [-0.4, -0.2) is 28.0 Å². The van der Waals surface area contributed by atoms with E-state index in [2.05, 4.69) is 10.3 Å². The van der Waals surface area contributed by atoms with Gasteiger partial charge in [0.1, 0.15) is 0 Å². The highest BCUT2D eigenvalue weighted by atomic mass is 32.1. The van der Waals surface area contributed by atoms with Gasteiger partial charge in [0.2, 0.25) is 5.91 Å². The molecule has 0 unspecified atom stereocenters. The predicted molar refractivity (Wildman–Crippen MR) is 55.7 cm³/mol. The third-order valence-electron chi connectivity index (χ3n) is 1.53. The molecule has 1 heterocycles. The molecule has 1 rings (SSSR count). The van der Waals surface area contributed by atoms with Crippen LogP contribution in [0.15, 0.2) is 5.38 Å². The van der Waals surface area contributed by atoms with Crippen LogP contribution < -0.4 is 11.1 Å². The molecule has 0 radical (unpaired) electrons. The molecule has 0 bridgehead atoms. The summed E-state index contributed by atoms with van der Waals surface area (Å²) >= 11 is 1.18. The van der Waals surface area contributed by atoms with Crippen LogP contribution in [0.2, 0.25) is 0 Å². The summed E-state index contributed by atoms with van der Waals surface area (Å²) in [5, 5.41) is 12.9. The predicted octanol–water partition coefficient (Wildman–Crippen LogP) is 0.0559. The highest BCUT2D eigenvalue weighted by molar-refractivity contribution is 7.13. The van der Waals surface area contributed by atoms with Crippen molar-refractivity contribution < 1.29 is 14.7 Å². The number of aliphatic carboxylic acids is 1. The number of hydrogen-bond acceptors (Lipinski definition) is 5. The van der Waals surface area contributed by atoms with Crippen molar-refractivity contribution in [1.29, 1.82) is 0 Å². The molecule has 4 N–H and O–H groups in total. The molecule has 0 aliphatic carbocycles. The fourth-order valence-corrected chi connectivity index (χ4v) is 1.53. The first-order valence-corrected chi connectivity index (χ1v) is 5.09. The lowest BCUT2D eigenvalue weighted by molar-refractivity contribution is -0.136. The first-order valence-electron chi connectivity index (χ1n) is 4.21. The Kier molecular flexibility index (Phi) is 3.75. The minimum atomic E-state index is -0.953. The van der Waals surface area contributed by atoms with Crippen LogP contribution in [-0.2, 0) is 16.0 Å². The van der Waals surface area contributed by atoms with Crippen molar-refractivity contribution >= 4 is 28.3 Å². The quantitative estimate of drug-likeness (QED) is 0.676. The minimum absolute atomic E-state index is 0.148. The number of nitrogens with one attached hydrogen (secondary N) is 1. The van der Waals surface area contributed by atoms with E-state index in [1.165, 1.54) is 11.3 Å². The van der Waals surface area contributed by atoms with E-state index in [0.717, 1.165) is 0 Å². The minimum Gasteiger partial charge on any atom is -0.481 e. The van der Waals surface area contributed by atoms with Gasteiger partial charge < -0.3 is 16.2 Å². The number of thiazole rings is 1. The van der Waals surface area contributed by atoms with Crippen molar-refractivity contribution in [2.24, 2.45) is 5.73 Å². The van der Waals surface area contributed by atoms with Crippen LogP contribution in [0, 0.1) is 0 Å². The molecule has 0 fully saturated rings. The SMILES string of the molecule is C[C@H](N)C(=O)Nc1nc(CC(=O)O)cs1. The van der Waals surface area contributed by atoms with Gasteiger partial charge in [-0.25, -0.2) is 4.98 Å². The third-order valence-corrected chi connectivity index (χ3v) is 2.33. The standard InChI is InChI=1S/C8H11N3O3S/c1-4(9)7(14)11-8-10-5(3-15-8)2-6(12)13/h3-4H,2,9H2,1H3,(H,12,13)(H,10,11,14)/t4-/m0/s1. The number of carboxylic acid groups (broad SMARTS) is 1. The molecule has 1 amide bonds. The molecule has 1 aromatic rings. The Bertz CT molecular complexity index is 375. The van der Waals surface area contributed by atoms with E-state index in [1.54, 1.807) is 12.3 Å². The average molecular weight is 229 g/mol. The lowest BCUT2D eigenvalue weighted by Crippen LogP contribution is -2.32. The van der Waals surface area contributed by atoms with Crippen molar-refractivity contribution in [3.05, 3.63) is 11.1 Å². The Morgan fingerprint density at radius 3 is 2.93 bits per heavy atom. The molecule has 82 valence electrons. The number of nitrogens with two attached hydrogens (primary N) is 1. The molecular formula is C8H11N3O3S. The Morgan fingerprint density at radius 2 is 2.40 bits per heavy atom. The maximum atomic E-state index is 11.2. The summed E-state index contributed by atoms with van der Waals surface area (Å²) < 4.78 is 0. The van der Waals surface area contributed by atoms with Gasteiger partial charge in [-0.3, -0.25) is 9.59 Å². The lowest BCUT2D eigenvalue weighted by Gasteiger charge is -2.03. The van der Waals surface area contributed by atoms with Crippen molar-refractivity contribution in [3.63, 3.8) is 0 Å². The van der Waals surface area contributed by atoms with E-state index in [1.807, 2.05) is 0 Å². The Balaban J connectivity index is 2.60. The summed E-state index contributed by atoms with van der Waals surface area (Å²) in [6.07, 6.45) is -0.148. The van der Waals surface area contributed by atoms with Crippen LogP contribution >= 0.6 is 11.3 Å². The second kappa shape index (κ2) is 4.85. The molecule has 0 saturated carbocycles. The van der Waals surface area contributed by atoms with Gasteiger partial charge >= 0.3 is 5.97 Å². The van der Waals surface area contributed by atoms with Gasteiger partial charge in [0.25, 0.3) is 0 Å². The molecule has 15 heavy (non-hydrogen) atoms. The van der Waals surface area contributed by atoms with Gasteiger partial charge in [-0.2, -0.15) is 0 Å². The fraction of sp³-hybridized carbons (Fsp3) is 0.375. The first-order chi connectivity index (χ1) is 6.99. The third kappa shape index (κ3) is 3.64. The number of carbonyl (C=O) groups excluding carboxylic acids is 1. The fourth-order valence-electron chi connectivity index (χ4n) is 0.820. The summed E-state index contributed by atoms with van der Waals surface area (Å²) in [7, 11) is 0. The second-order valence-corrected chi connectivity index (χ2v) is 3.85. The number of nitrogens with zero attached hydrogens (tertiary/aromatic N) is 1. The topological polar surface area (TPSA) is 105 Å². The Labute approximate surface area is 90.1 Å². The zero-order valence-electron chi connectivity index (χ0n) is 8.06. The van der Waals surface area contributed by atoms with Crippen molar-refractivity contribution in [1.82, 2.24) is 4.98 Å². The molecular weight excluding hydrogens is 218 g/mol. The van der Waals surface area contributed by atoms with Crippen LogP contribution in [0.1, 0.15) is 12.6 Å². The molecule has 1 aromatic heterocycles.